The van der Waals surface area contributed by atoms with Crippen molar-refractivity contribution >= 4 is 34.5 Å². The fourth-order valence-corrected chi connectivity index (χ4v) is 3.08. The Hall–Kier alpha value is -1.56. The molecular weight excluding hydrogens is 294 g/mol. The van der Waals surface area contributed by atoms with Gasteiger partial charge in [-0.3, -0.25) is 10.6 Å². The monoisotopic (exact) mass is 309 g/mol. The van der Waals surface area contributed by atoms with Gasteiger partial charge in [-0.05, 0) is 42.8 Å². The fraction of sp³-hybridized carbons (Fsp3) is 0.214. The molecule has 0 radical (unpaired) electrons. The maximum absolute atomic E-state index is 12.4. The number of hydrogen-bond acceptors (Lipinski definition) is 4. The number of thiophene rings is 1. The SMILES string of the molecule is Cc1cc(NN)ccc1C(=O)N(C)Cc1ccc(Cl)s1. The van der Waals surface area contributed by atoms with Gasteiger partial charge in [-0.15, -0.1) is 11.3 Å². The van der Waals surface area contributed by atoms with Crippen molar-refractivity contribution in [3.05, 3.63) is 50.7 Å². The number of nitrogens with one attached hydrogen (secondary N) is 1. The quantitative estimate of drug-likeness (QED) is 0.673. The van der Waals surface area contributed by atoms with E-state index in [1.54, 1.807) is 24.1 Å². The predicted octanol–water partition coefficient (Wildman–Crippen LogP) is 3.27. The van der Waals surface area contributed by atoms with Crippen LogP contribution in [-0.4, -0.2) is 17.9 Å². The normalized spacial score (nSPS) is 10.4. The lowest BCUT2D eigenvalue weighted by atomic mass is 10.1. The number of hydrazine groups is 1. The van der Waals surface area contributed by atoms with E-state index in [0.717, 1.165) is 20.5 Å². The maximum Gasteiger partial charge on any atom is 0.254 e. The largest absolute Gasteiger partial charge is 0.337 e. The minimum atomic E-state index is -0.0180. The number of benzene rings is 1. The highest BCUT2D eigenvalue weighted by atomic mass is 35.5. The van der Waals surface area contributed by atoms with Gasteiger partial charge in [0.15, 0.2) is 0 Å². The van der Waals surface area contributed by atoms with Gasteiger partial charge in [-0.2, -0.15) is 0 Å². The number of carbonyl (C=O) groups is 1. The van der Waals surface area contributed by atoms with Gasteiger partial charge in [-0.25, -0.2) is 0 Å². The number of carbonyl (C=O) groups excluding carboxylic acids is 1. The molecule has 0 fully saturated rings. The average molecular weight is 310 g/mol. The lowest BCUT2D eigenvalue weighted by Gasteiger charge is -2.18. The molecule has 0 atom stereocenters. The molecule has 1 aromatic heterocycles. The van der Waals surface area contributed by atoms with Crippen molar-refractivity contribution in [3.8, 4) is 0 Å². The lowest BCUT2D eigenvalue weighted by molar-refractivity contribution is 0.0786. The van der Waals surface area contributed by atoms with Crippen molar-refractivity contribution in [2.45, 2.75) is 13.5 Å². The van der Waals surface area contributed by atoms with Gasteiger partial charge in [-0.1, -0.05) is 11.6 Å². The van der Waals surface area contributed by atoms with E-state index in [4.69, 9.17) is 17.4 Å². The molecule has 0 spiro atoms. The number of hydrogen-bond donors (Lipinski definition) is 2. The second kappa shape index (κ2) is 6.26. The van der Waals surface area contributed by atoms with Crippen molar-refractivity contribution in [2.24, 2.45) is 5.84 Å². The summed E-state index contributed by atoms with van der Waals surface area (Å²) in [5.74, 6) is 5.33. The molecule has 0 saturated carbocycles. The maximum atomic E-state index is 12.4. The molecule has 0 bridgehead atoms. The number of nitrogen functional groups attached to an aromatic ring is 1. The van der Waals surface area contributed by atoms with E-state index < -0.39 is 0 Å². The van der Waals surface area contributed by atoms with E-state index in [-0.39, 0.29) is 5.91 Å². The molecule has 20 heavy (non-hydrogen) atoms. The molecule has 1 amide bonds. The molecule has 6 heteroatoms. The highest BCUT2D eigenvalue weighted by Crippen LogP contribution is 2.23. The molecule has 0 unspecified atom stereocenters. The molecule has 3 N–H and O–H groups in total. The van der Waals surface area contributed by atoms with Crippen LogP contribution in [0.25, 0.3) is 0 Å². The zero-order valence-corrected chi connectivity index (χ0v) is 12.9. The summed E-state index contributed by atoms with van der Waals surface area (Å²) >= 11 is 7.38. The number of rotatable bonds is 4. The third kappa shape index (κ3) is 3.30. The van der Waals surface area contributed by atoms with E-state index in [9.17, 15) is 4.79 Å². The molecule has 0 aliphatic rings. The summed E-state index contributed by atoms with van der Waals surface area (Å²) in [5, 5.41) is 0. The van der Waals surface area contributed by atoms with E-state index in [2.05, 4.69) is 5.43 Å². The molecule has 0 saturated heterocycles. The molecule has 0 aliphatic heterocycles. The van der Waals surface area contributed by atoms with Crippen molar-refractivity contribution < 1.29 is 4.79 Å². The second-order valence-electron chi connectivity index (χ2n) is 4.54. The summed E-state index contributed by atoms with van der Waals surface area (Å²) < 4.78 is 0.732. The third-order valence-electron chi connectivity index (χ3n) is 2.99. The molecule has 106 valence electrons. The van der Waals surface area contributed by atoms with Gasteiger partial charge in [0.1, 0.15) is 0 Å². The summed E-state index contributed by atoms with van der Waals surface area (Å²) in [6, 6.07) is 9.20. The van der Waals surface area contributed by atoms with E-state index in [0.29, 0.717) is 12.1 Å². The Morgan fingerprint density at radius 1 is 1.40 bits per heavy atom. The Morgan fingerprint density at radius 2 is 2.15 bits per heavy atom. The van der Waals surface area contributed by atoms with Crippen LogP contribution in [0.4, 0.5) is 5.69 Å². The fourth-order valence-electron chi connectivity index (χ4n) is 1.94. The minimum absolute atomic E-state index is 0.0180. The van der Waals surface area contributed by atoms with Crippen molar-refractivity contribution in [3.63, 3.8) is 0 Å². The number of amides is 1. The van der Waals surface area contributed by atoms with Crippen LogP contribution in [0.3, 0.4) is 0 Å². The number of aryl methyl sites for hydroxylation is 1. The smallest absolute Gasteiger partial charge is 0.254 e. The molecule has 2 rings (SSSR count). The Labute approximate surface area is 127 Å². The molecule has 1 aromatic carbocycles. The first-order chi connectivity index (χ1) is 9.51. The van der Waals surface area contributed by atoms with E-state index in [1.165, 1.54) is 11.3 Å². The van der Waals surface area contributed by atoms with Gasteiger partial charge >= 0.3 is 0 Å². The van der Waals surface area contributed by atoms with Crippen LogP contribution in [0.1, 0.15) is 20.8 Å². The summed E-state index contributed by atoms with van der Waals surface area (Å²) in [4.78, 5) is 15.2. The van der Waals surface area contributed by atoms with Crippen LogP contribution < -0.4 is 11.3 Å². The van der Waals surface area contributed by atoms with Gasteiger partial charge in [0.05, 0.1) is 10.9 Å². The first-order valence-corrected chi connectivity index (χ1v) is 7.27. The van der Waals surface area contributed by atoms with Crippen LogP contribution in [0.2, 0.25) is 4.34 Å². The number of nitrogens with two attached hydrogens (primary N) is 1. The van der Waals surface area contributed by atoms with Crippen LogP contribution in [0.15, 0.2) is 30.3 Å². The Kier molecular flexibility index (Phi) is 4.65. The van der Waals surface area contributed by atoms with Gasteiger partial charge in [0.2, 0.25) is 0 Å². The van der Waals surface area contributed by atoms with Crippen molar-refractivity contribution in [1.82, 2.24) is 4.90 Å². The minimum Gasteiger partial charge on any atom is -0.337 e. The van der Waals surface area contributed by atoms with Gasteiger partial charge in [0.25, 0.3) is 5.91 Å². The lowest BCUT2D eigenvalue weighted by Crippen LogP contribution is -2.26. The predicted molar refractivity (Wildman–Crippen MR) is 84.1 cm³/mol. The molecule has 1 heterocycles. The Morgan fingerprint density at radius 3 is 2.70 bits per heavy atom. The van der Waals surface area contributed by atoms with Crippen LogP contribution in [-0.2, 0) is 6.54 Å². The summed E-state index contributed by atoms with van der Waals surface area (Å²) in [6.45, 7) is 2.44. The highest BCUT2D eigenvalue weighted by Gasteiger charge is 2.15. The Bertz CT molecular complexity index is 627. The summed E-state index contributed by atoms with van der Waals surface area (Å²) in [7, 11) is 1.78. The number of anilines is 1. The Balaban J connectivity index is 2.14. The van der Waals surface area contributed by atoms with Crippen molar-refractivity contribution in [2.75, 3.05) is 12.5 Å². The van der Waals surface area contributed by atoms with Crippen LogP contribution in [0.5, 0.6) is 0 Å². The van der Waals surface area contributed by atoms with Gasteiger partial charge in [0, 0.05) is 23.2 Å². The first kappa shape index (κ1) is 14.8. The van der Waals surface area contributed by atoms with Gasteiger partial charge < -0.3 is 10.3 Å². The zero-order valence-electron chi connectivity index (χ0n) is 11.3. The molecule has 0 aliphatic carbocycles. The topological polar surface area (TPSA) is 58.4 Å². The molecule has 4 nitrogen and oxygen atoms in total. The van der Waals surface area contributed by atoms with E-state index >= 15 is 0 Å². The molecule has 2 aromatic rings. The summed E-state index contributed by atoms with van der Waals surface area (Å²) in [5.41, 5.74) is 4.92. The summed E-state index contributed by atoms with van der Waals surface area (Å²) in [6.07, 6.45) is 0. The highest BCUT2D eigenvalue weighted by molar-refractivity contribution is 7.16. The second-order valence-corrected chi connectivity index (χ2v) is 6.34. The molecular formula is C14H16ClN3OS. The van der Waals surface area contributed by atoms with Crippen LogP contribution in [0, 0.1) is 6.92 Å². The number of nitrogens with zero attached hydrogens (tertiary/aromatic N) is 1. The third-order valence-corrected chi connectivity index (χ3v) is 4.21. The number of halogens is 1. The first-order valence-electron chi connectivity index (χ1n) is 6.08. The van der Waals surface area contributed by atoms with E-state index in [1.807, 2.05) is 25.1 Å². The standard InChI is InChI=1S/C14H16ClN3OS/c1-9-7-10(17-16)3-5-12(9)14(19)18(2)8-11-4-6-13(15)20-11/h3-7,17H,8,16H2,1-2H3. The zero-order chi connectivity index (χ0) is 14.7. The van der Waals surface area contributed by atoms with Crippen molar-refractivity contribution in [1.29, 1.82) is 0 Å². The average Bonchev–Trinajstić information content (AvgIpc) is 2.83. The van der Waals surface area contributed by atoms with Crippen LogP contribution >= 0.6 is 22.9 Å².